The van der Waals surface area contributed by atoms with Crippen LogP contribution in [0.15, 0.2) is 47.6 Å². The quantitative estimate of drug-likeness (QED) is 0.731. The summed E-state index contributed by atoms with van der Waals surface area (Å²) in [5.41, 5.74) is 2.34. The Kier molecular flexibility index (Phi) is 3.26. The van der Waals surface area contributed by atoms with Crippen LogP contribution >= 0.6 is 0 Å². The van der Waals surface area contributed by atoms with Crippen molar-refractivity contribution in [1.29, 1.82) is 0 Å². The number of rotatable bonds is 4. The maximum absolute atomic E-state index is 11.1. The Morgan fingerprint density at radius 2 is 2.00 bits per heavy atom. The van der Waals surface area contributed by atoms with E-state index in [1.165, 1.54) is 0 Å². The Balaban J connectivity index is 2.23. The summed E-state index contributed by atoms with van der Waals surface area (Å²) in [5, 5.41) is 12.3. The Labute approximate surface area is 115 Å². The molecule has 0 saturated heterocycles. The number of hydrogen-bond acceptors (Lipinski definition) is 4. The molecule has 5 nitrogen and oxygen atoms in total. The molecule has 0 radical (unpaired) electrons. The molecule has 0 bridgehead atoms. The molecule has 5 heteroatoms. The second-order valence-corrected chi connectivity index (χ2v) is 4.45. The molecule has 3 rings (SSSR count). The molecule has 0 spiro atoms. The van der Waals surface area contributed by atoms with Crippen molar-refractivity contribution >= 4 is 16.5 Å². The van der Waals surface area contributed by atoms with E-state index < -0.39 is 0 Å². The summed E-state index contributed by atoms with van der Waals surface area (Å²) in [6, 6.07) is 13.9. The summed E-state index contributed by atoms with van der Waals surface area (Å²) in [7, 11) is 1.56. The molecule has 1 N–H and O–H groups in total. The highest BCUT2D eigenvalue weighted by molar-refractivity contribution is 5.98. The average molecular weight is 267 g/mol. The Hall–Kier alpha value is -2.53. The minimum atomic E-state index is 0.277. The number of benzene rings is 2. The van der Waals surface area contributed by atoms with E-state index in [-0.39, 0.29) is 6.61 Å². The first-order valence-corrected chi connectivity index (χ1v) is 6.23. The normalized spacial score (nSPS) is 10.8. The number of H-pyrrole nitrogens is 1. The summed E-state index contributed by atoms with van der Waals surface area (Å²) < 4.78 is 5.04. The van der Waals surface area contributed by atoms with Crippen molar-refractivity contribution in [2.75, 3.05) is 7.11 Å². The van der Waals surface area contributed by atoms with Gasteiger partial charge in [0.05, 0.1) is 12.3 Å². The predicted molar refractivity (Wildman–Crippen MR) is 77.7 cm³/mol. The molecule has 0 saturated carbocycles. The van der Waals surface area contributed by atoms with E-state index in [0.717, 1.165) is 16.3 Å². The molecule has 0 aliphatic heterocycles. The van der Waals surface area contributed by atoms with E-state index in [9.17, 15) is 4.91 Å². The van der Waals surface area contributed by atoms with Gasteiger partial charge in [-0.15, -0.1) is 4.91 Å². The summed E-state index contributed by atoms with van der Waals surface area (Å²) in [6.45, 7) is 0.277. The average Bonchev–Trinajstić information content (AvgIpc) is 2.89. The van der Waals surface area contributed by atoms with Gasteiger partial charge in [0, 0.05) is 12.7 Å². The van der Waals surface area contributed by atoms with Crippen LogP contribution in [0.5, 0.6) is 0 Å². The minimum Gasteiger partial charge on any atom is -0.378 e. The molecule has 0 aliphatic rings. The first-order chi connectivity index (χ1) is 9.85. The minimum absolute atomic E-state index is 0.277. The highest BCUT2D eigenvalue weighted by atomic mass is 16.5. The third-order valence-electron chi connectivity index (χ3n) is 3.24. The lowest BCUT2D eigenvalue weighted by molar-refractivity contribution is 0.182. The summed E-state index contributed by atoms with van der Waals surface area (Å²) in [5.74, 6) is 0. The van der Waals surface area contributed by atoms with Crippen LogP contribution in [0.3, 0.4) is 0 Å². The number of aromatic nitrogens is 2. The van der Waals surface area contributed by atoms with Crippen LogP contribution < -0.4 is 0 Å². The van der Waals surface area contributed by atoms with Crippen LogP contribution in [0, 0.1) is 4.91 Å². The van der Waals surface area contributed by atoms with Gasteiger partial charge in [-0.25, -0.2) is 0 Å². The smallest absolute Gasteiger partial charge is 0.159 e. The van der Waals surface area contributed by atoms with Crippen LogP contribution in [0.25, 0.3) is 22.0 Å². The van der Waals surface area contributed by atoms with Crippen LogP contribution in [-0.4, -0.2) is 17.3 Å². The number of nitrogens with zero attached hydrogens (tertiary/aromatic N) is 2. The van der Waals surface area contributed by atoms with Gasteiger partial charge in [0.2, 0.25) is 0 Å². The number of aromatic amines is 1. The van der Waals surface area contributed by atoms with E-state index in [1.807, 2.05) is 42.5 Å². The van der Waals surface area contributed by atoms with Crippen LogP contribution in [0.4, 0.5) is 5.69 Å². The van der Waals surface area contributed by atoms with Gasteiger partial charge in [0.1, 0.15) is 5.69 Å². The zero-order valence-corrected chi connectivity index (χ0v) is 11.0. The van der Waals surface area contributed by atoms with Gasteiger partial charge in [-0.3, -0.25) is 5.10 Å². The van der Waals surface area contributed by atoms with Crippen molar-refractivity contribution in [2.45, 2.75) is 6.61 Å². The van der Waals surface area contributed by atoms with Gasteiger partial charge in [-0.05, 0) is 15.9 Å². The third-order valence-corrected chi connectivity index (χ3v) is 3.24. The molecule has 1 aromatic heterocycles. The van der Waals surface area contributed by atoms with E-state index >= 15 is 0 Å². The SMILES string of the molecule is COCc1[nH]nc(-c2cccc3ccccc23)c1N=O. The number of fused-ring (bicyclic) bond motifs is 1. The van der Waals surface area contributed by atoms with Crippen molar-refractivity contribution in [2.24, 2.45) is 5.18 Å². The highest BCUT2D eigenvalue weighted by Crippen LogP contribution is 2.35. The fraction of sp³-hybridized carbons (Fsp3) is 0.133. The molecule has 0 unspecified atom stereocenters. The van der Waals surface area contributed by atoms with Crippen molar-refractivity contribution in [3.05, 3.63) is 53.1 Å². The topological polar surface area (TPSA) is 67.3 Å². The van der Waals surface area contributed by atoms with E-state index in [0.29, 0.717) is 17.1 Å². The predicted octanol–water partition coefficient (Wildman–Crippen LogP) is 3.77. The molecule has 0 fully saturated rings. The molecule has 20 heavy (non-hydrogen) atoms. The molecular weight excluding hydrogens is 254 g/mol. The van der Waals surface area contributed by atoms with Crippen molar-refractivity contribution in [3.8, 4) is 11.3 Å². The monoisotopic (exact) mass is 267 g/mol. The van der Waals surface area contributed by atoms with Gasteiger partial charge >= 0.3 is 0 Å². The highest BCUT2D eigenvalue weighted by Gasteiger charge is 2.17. The van der Waals surface area contributed by atoms with Gasteiger partial charge in [0.25, 0.3) is 0 Å². The number of hydrogen-bond donors (Lipinski definition) is 1. The molecule has 0 aliphatic carbocycles. The summed E-state index contributed by atoms with van der Waals surface area (Å²) in [4.78, 5) is 11.1. The number of ether oxygens (including phenoxy) is 1. The second kappa shape index (κ2) is 5.22. The van der Waals surface area contributed by atoms with Gasteiger partial charge < -0.3 is 4.74 Å². The van der Waals surface area contributed by atoms with Gasteiger partial charge in [-0.1, -0.05) is 42.5 Å². The van der Waals surface area contributed by atoms with Crippen LogP contribution in [0.2, 0.25) is 0 Å². The van der Waals surface area contributed by atoms with Crippen molar-refractivity contribution in [3.63, 3.8) is 0 Å². The van der Waals surface area contributed by atoms with E-state index in [1.54, 1.807) is 7.11 Å². The molecule has 0 amide bonds. The largest absolute Gasteiger partial charge is 0.378 e. The lowest BCUT2D eigenvalue weighted by atomic mass is 10.0. The van der Waals surface area contributed by atoms with Crippen LogP contribution in [-0.2, 0) is 11.3 Å². The molecule has 2 aromatic carbocycles. The van der Waals surface area contributed by atoms with Crippen molar-refractivity contribution in [1.82, 2.24) is 10.2 Å². The molecule has 1 heterocycles. The summed E-state index contributed by atoms with van der Waals surface area (Å²) in [6.07, 6.45) is 0. The zero-order valence-electron chi connectivity index (χ0n) is 11.0. The fourth-order valence-electron chi connectivity index (χ4n) is 2.34. The third kappa shape index (κ3) is 1.98. The van der Waals surface area contributed by atoms with Gasteiger partial charge in [0.15, 0.2) is 5.69 Å². The second-order valence-electron chi connectivity index (χ2n) is 4.45. The maximum atomic E-state index is 11.1. The number of nitrogens with one attached hydrogen (secondary N) is 1. The molecule has 3 aromatic rings. The first-order valence-electron chi connectivity index (χ1n) is 6.23. The maximum Gasteiger partial charge on any atom is 0.159 e. The Morgan fingerprint density at radius 1 is 1.20 bits per heavy atom. The fourth-order valence-corrected chi connectivity index (χ4v) is 2.34. The van der Waals surface area contributed by atoms with E-state index in [4.69, 9.17) is 4.74 Å². The number of nitroso groups, excluding NO2 is 1. The van der Waals surface area contributed by atoms with Gasteiger partial charge in [-0.2, -0.15) is 5.10 Å². The first kappa shape index (κ1) is 12.5. The standard InChI is InChI=1S/C15H13N3O2/c1-20-9-13-15(18-19)14(17-16-13)12-8-4-6-10-5-2-3-7-11(10)12/h2-8H,9H2,1H3,(H,16,17). The van der Waals surface area contributed by atoms with E-state index in [2.05, 4.69) is 15.4 Å². The van der Waals surface area contributed by atoms with Crippen LogP contribution in [0.1, 0.15) is 5.69 Å². The van der Waals surface area contributed by atoms with Crippen molar-refractivity contribution < 1.29 is 4.74 Å². The Morgan fingerprint density at radius 3 is 2.80 bits per heavy atom. The molecule has 0 atom stereocenters. The summed E-state index contributed by atoms with van der Waals surface area (Å²) >= 11 is 0. The molecule has 100 valence electrons. The lowest BCUT2D eigenvalue weighted by Gasteiger charge is -2.04. The lowest BCUT2D eigenvalue weighted by Crippen LogP contribution is -1.87. The zero-order chi connectivity index (χ0) is 13.9. The molecular formula is C15H13N3O2. The number of methoxy groups -OCH3 is 1. The Bertz CT molecular complexity index is 759.